The zero-order valence-corrected chi connectivity index (χ0v) is 9.14. The fourth-order valence-corrected chi connectivity index (χ4v) is 2.63. The Balaban J connectivity index is 2.13. The Morgan fingerprint density at radius 1 is 1.27 bits per heavy atom. The van der Waals surface area contributed by atoms with E-state index in [2.05, 4.69) is 34.9 Å². The van der Waals surface area contributed by atoms with Gasteiger partial charge in [0.15, 0.2) is 0 Å². The third-order valence-corrected chi connectivity index (χ3v) is 3.49. The summed E-state index contributed by atoms with van der Waals surface area (Å²) in [4.78, 5) is 0. The summed E-state index contributed by atoms with van der Waals surface area (Å²) < 4.78 is 0. The van der Waals surface area contributed by atoms with E-state index in [1.165, 1.54) is 11.3 Å². The summed E-state index contributed by atoms with van der Waals surface area (Å²) in [5, 5.41) is 7.66. The molecule has 1 aromatic carbocycles. The van der Waals surface area contributed by atoms with E-state index < -0.39 is 0 Å². The maximum Gasteiger partial charge on any atom is 0.0451 e. The van der Waals surface area contributed by atoms with Crippen molar-refractivity contribution in [3.05, 3.63) is 40.9 Å². The van der Waals surface area contributed by atoms with Gasteiger partial charge in [-0.15, -0.1) is 0 Å². The van der Waals surface area contributed by atoms with Crippen LogP contribution in [-0.4, -0.2) is 19.6 Å². The lowest BCUT2D eigenvalue weighted by atomic mass is 9.80. The number of benzene rings is 1. The van der Waals surface area contributed by atoms with Gasteiger partial charge in [0.25, 0.3) is 0 Å². The quantitative estimate of drug-likeness (QED) is 0.655. The van der Waals surface area contributed by atoms with E-state index in [4.69, 9.17) is 11.6 Å². The Morgan fingerprint density at radius 3 is 3.00 bits per heavy atom. The van der Waals surface area contributed by atoms with Gasteiger partial charge >= 0.3 is 0 Å². The zero-order valence-electron chi connectivity index (χ0n) is 8.39. The summed E-state index contributed by atoms with van der Waals surface area (Å²) in [7, 11) is 0. The van der Waals surface area contributed by atoms with Crippen molar-refractivity contribution in [2.24, 2.45) is 0 Å². The smallest absolute Gasteiger partial charge is 0.0451 e. The van der Waals surface area contributed by atoms with Gasteiger partial charge in [-0.25, -0.2) is 0 Å². The van der Waals surface area contributed by atoms with Gasteiger partial charge in [0.05, 0.1) is 0 Å². The van der Waals surface area contributed by atoms with Crippen LogP contribution < -0.4 is 10.6 Å². The maximum absolute atomic E-state index is 6.05. The molecule has 0 aliphatic carbocycles. The van der Waals surface area contributed by atoms with Crippen LogP contribution in [0.1, 0.15) is 5.56 Å². The highest BCUT2D eigenvalue weighted by molar-refractivity contribution is 6.30. The first-order valence-electron chi connectivity index (χ1n) is 5.23. The molecule has 2 aliphatic rings. The molecule has 1 aromatic rings. The van der Waals surface area contributed by atoms with Crippen molar-refractivity contribution in [2.45, 2.75) is 5.41 Å². The predicted molar refractivity (Wildman–Crippen MR) is 63.6 cm³/mol. The van der Waals surface area contributed by atoms with E-state index in [1.54, 1.807) is 0 Å². The van der Waals surface area contributed by atoms with E-state index in [-0.39, 0.29) is 5.41 Å². The monoisotopic (exact) mass is 220 g/mol. The Hall–Kier alpha value is -0.990. The van der Waals surface area contributed by atoms with Crippen LogP contribution in [-0.2, 0) is 5.41 Å². The highest BCUT2D eigenvalue weighted by Crippen LogP contribution is 2.39. The van der Waals surface area contributed by atoms with Crippen molar-refractivity contribution in [3.8, 4) is 0 Å². The van der Waals surface area contributed by atoms with Crippen LogP contribution >= 0.6 is 11.6 Å². The van der Waals surface area contributed by atoms with E-state index in [0.717, 1.165) is 24.7 Å². The second-order valence-corrected chi connectivity index (χ2v) is 4.67. The first-order chi connectivity index (χ1) is 7.30. The number of nitrogens with one attached hydrogen (secondary N) is 2. The van der Waals surface area contributed by atoms with Crippen LogP contribution in [0.3, 0.4) is 0 Å². The summed E-state index contributed by atoms with van der Waals surface area (Å²) in [6.07, 6.45) is 4.50. The molecule has 78 valence electrons. The minimum absolute atomic E-state index is 0.110. The van der Waals surface area contributed by atoms with E-state index in [9.17, 15) is 0 Å². The molecular formula is C12H13ClN2. The molecule has 1 spiro atoms. The van der Waals surface area contributed by atoms with Crippen molar-refractivity contribution in [2.75, 3.05) is 25.0 Å². The van der Waals surface area contributed by atoms with Gasteiger partial charge in [-0.05, 0) is 23.8 Å². The summed E-state index contributed by atoms with van der Waals surface area (Å²) in [6.45, 7) is 2.92. The second-order valence-electron chi connectivity index (χ2n) is 4.23. The zero-order chi connectivity index (χ0) is 10.3. The molecular weight excluding hydrogens is 208 g/mol. The van der Waals surface area contributed by atoms with Crippen LogP contribution in [0.15, 0.2) is 30.4 Å². The van der Waals surface area contributed by atoms with Crippen LogP contribution in [0.5, 0.6) is 0 Å². The molecule has 0 fully saturated rings. The summed E-state index contributed by atoms with van der Waals surface area (Å²) in [5.74, 6) is 0. The lowest BCUT2D eigenvalue weighted by Gasteiger charge is -2.29. The summed E-state index contributed by atoms with van der Waals surface area (Å²) >= 11 is 6.05. The number of hydrogen-bond donors (Lipinski definition) is 2. The molecule has 3 heteroatoms. The largest absolute Gasteiger partial charge is 0.384 e. The van der Waals surface area contributed by atoms with Gasteiger partial charge in [-0.2, -0.15) is 0 Å². The second kappa shape index (κ2) is 3.26. The predicted octanol–water partition coefficient (Wildman–Crippen LogP) is 2.16. The van der Waals surface area contributed by atoms with Gasteiger partial charge in [0, 0.05) is 35.8 Å². The molecule has 0 amide bonds. The molecule has 0 aromatic heterocycles. The number of hydrogen-bond acceptors (Lipinski definition) is 2. The van der Waals surface area contributed by atoms with Crippen LogP contribution in [0, 0.1) is 0 Å². The highest BCUT2D eigenvalue weighted by atomic mass is 35.5. The van der Waals surface area contributed by atoms with Gasteiger partial charge in [-0.1, -0.05) is 23.8 Å². The third kappa shape index (κ3) is 1.36. The minimum Gasteiger partial charge on any atom is -0.384 e. The topological polar surface area (TPSA) is 24.1 Å². The molecule has 2 N–H and O–H groups in total. The molecule has 2 nitrogen and oxygen atoms in total. The molecule has 1 atom stereocenters. The number of fused-ring (bicyclic) bond motifs is 2. The molecule has 15 heavy (non-hydrogen) atoms. The average Bonchev–Trinajstić information content (AvgIpc) is 2.59. The molecule has 3 rings (SSSR count). The maximum atomic E-state index is 6.05. The van der Waals surface area contributed by atoms with Crippen molar-refractivity contribution >= 4 is 17.3 Å². The average molecular weight is 221 g/mol. The number of anilines is 1. The summed E-state index contributed by atoms with van der Waals surface area (Å²) in [6, 6.07) is 6.08. The number of halogens is 1. The van der Waals surface area contributed by atoms with Crippen LogP contribution in [0.25, 0.3) is 0 Å². The van der Waals surface area contributed by atoms with Crippen molar-refractivity contribution in [1.82, 2.24) is 5.32 Å². The van der Waals surface area contributed by atoms with Gasteiger partial charge in [0.2, 0.25) is 0 Å². The Bertz CT molecular complexity index is 428. The van der Waals surface area contributed by atoms with Crippen LogP contribution in [0.4, 0.5) is 5.69 Å². The van der Waals surface area contributed by atoms with Gasteiger partial charge < -0.3 is 10.6 Å². The Labute approximate surface area is 94.3 Å². The highest BCUT2D eigenvalue weighted by Gasteiger charge is 2.37. The Morgan fingerprint density at radius 2 is 2.20 bits per heavy atom. The minimum atomic E-state index is 0.110. The van der Waals surface area contributed by atoms with Crippen molar-refractivity contribution in [3.63, 3.8) is 0 Å². The molecule has 0 bridgehead atoms. The van der Waals surface area contributed by atoms with Crippen molar-refractivity contribution < 1.29 is 0 Å². The molecule has 0 radical (unpaired) electrons. The Kier molecular flexibility index (Phi) is 2.01. The fraction of sp³-hybridized carbons (Fsp3) is 0.333. The molecule has 0 saturated carbocycles. The standard InChI is InChI=1S/C12H13ClN2/c13-9-2-3-11-10(6-9)12(8-15-11)4-1-5-14-7-12/h1-4,6,14-15H,5,7-8H2/t12-/m1/s1. The van der Waals surface area contributed by atoms with Gasteiger partial charge in [0.1, 0.15) is 0 Å². The molecule has 0 saturated heterocycles. The molecule has 0 unspecified atom stereocenters. The number of rotatable bonds is 0. The molecule has 2 heterocycles. The first-order valence-corrected chi connectivity index (χ1v) is 5.60. The van der Waals surface area contributed by atoms with Crippen molar-refractivity contribution in [1.29, 1.82) is 0 Å². The van der Waals surface area contributed by atoms with Gasteiger partial charge in [-0.3, -0.25) is 0 Å². The van der Waals surface area contributed by atoms with Crippen LogP contribution in [0.2, 0.25) is 5.02 Å². The van der Waals surface area contributed by atoms with E-state index in [1.807, 2.05) is 6.07 Å². The third-order valence-electron chi connectivity index (χ3n) is 3.25. The SMILES string of the molecule is Clc1ccc2c(c1)[C@@]1(C=CCNC1)CN2. The normalized spacial score (nSPS) is 27.8. The molecule has 2 aliphatic heterocycles. The first kappa shape index (κ1) is 9.25. The lowest BCUT2D eigenvalue weighted by molar-refractivity contribution is 0.513. The fourth-order valence-electron chi connectivity index (χ4n) is 2.46. The van der Waals surface area contributed by atoms with E-state index in [0.29, 0.717) is 0 Å². The van der Waals surface area contributed by atoms with E-state index >= 15 is 0 Å². The lowest BCUT2D eigenvalue weighted by Crippen LogP contribution is -2.41. The summed E-state index contributed by atoms with van der Waals surface area (Å²) in [5.41, 5.74) is 2.64.